The summed E-state index contributed by atoms with van der Waals surface area (Å²) in [6.45, 7) is 0. The molecule has 0 aliphatic rings. The Hall–Kier alpha value is 0.0500. The molecule has 0 bridgehead atoms. The lowest BCUT2D eigenvalue weighted by molar-refractivity contribution is 0.398. The van der Waals surface area contributed by atoms with Crippen molar-refractivity contribution in [3.05, 3.63) is 0 Å². The van der Waals surface area contributed by atoms with E-state index in [1.165, 1.54) is 0 Å². The number of halogens is 3. The summed E-state index contributed by atoms with van der Waals surface area (Å²) in [6, 6.07) is 0. The average molecular weight is 212 g/mol. The molecule has 0 aliphatic carbocycles. The van der Waals surface area contributed by atoms with Crippen LogP contribution >= 0.6 is 11.2 Å². The second-order valence-electron chi connectivity index (χ2n) is 1.63. The summed E-state index contributed by atoms with van der Waals surface area (Å²) in [5.41, 5.74) is 0. The van der Waals surface area contributed by atoms with Crippen LogP contribution in [-0.4, -0.2) is 27.0 Å². The Labute approximate surface area is 64.9 Å². The summed E-state index contributed by atoms with van der Waals surface area (Å²) in [7, 11) is -3.12. The summed E-state index contributed by atoms with van der Waals surface area (Å²) >= 11 is -5.23. The molecular formula is C3H7F3O3S2. The predicted octanol–water partition coefficient (Wildman–Crippen LogP) is 1.42. The summed E-state index contributed by atoms with van der Waals surface area (Å²) in [5.74, 6) is -2.27. The van der Waals surface area contributed by atoms with Gasteiger partial charge < -0.3 is 0 Å². The summed E-state index contributed by atoms with van der Waals surface area (Å²) in [4.78, 5) is 0. The van der Waals surface area contributed by atoms with Gasteiger partial charge in [0.25, 0.3) is 10.1 Å². The SMILES string of the molecule is COS(=O)(=O)CCS(F)(F)F. The van der Waals surface area contributed by atoms with Crippen LogP contribution in [0.5, 0.6) is 0 Å². The lowest BCUT2D eigenvalue weighted by atomic mass is 11.0. The van der Waals surface area contributed by atoms with E-state index < -0.39 is 32.8 Å². The fourth-order valence-electron chi connectivity index (χ4n) is 0.280. The monoisotopic (exact) mass is 212 g/mol. The van der Waals surface area contributed by atoms with Crippen LogP contribution in [0.2, 0.25) is 0 Å². The van der Waals surface area contributed by atoms with Gasteiger partial charge in [-0.05, 0) is 0 Å². The first-order valence-electron chi connectivity index (χ1n) is 2.45. The van der Waals surface area contributed by atoms with Crippen molar-refractivity contribution in [1.29, 1.82) is 0 Å². The molecule has 0 heterocycles. The predicted molar refractivity (Wildman–Crippen MR) is 36.6 cm³/mol. The van der Waals surface area contributed by atoms with Gasteiger partial charge in [-0.1, -0.05) is 0 Å². The van der Waals surface area contributed by atoms with E-state index in [4.69, 9.17) is 0 Å². The van der Waals surface area contributed by atoms with Crippen molar-refractivity contribution in [1.82, 2.24) is 0 Å². The molecule has 8 heteroatoms. The molecule has 0 aliphatic heterocycles. The first-order valence-corrected chi connectivity index (χ1v) is 5.53. The second-order valence-corrected chi connectivity index (χ2v) is 4.90. The Morgan fingerprint density at radius 2 is 1.64 bits per heavy atom. The molecule has 0 unspecified atom stereocenters. The van der Waals surface area contributed by atoms with Gasteiger partial charge in [-0.15, -0.1) is 11.7 Å². The maximum absolute atomic E-state index is 11.5. The Morgan fingerprint density at radius 3 is 1.91 bits per heavy atom. The highest BCUT2D eigenvalue weighted by Crippen LogP contribution is 2.52. The molecule has 0 spiro atoms. The topological polar surface area (TPSA) is 43.4 Å². The molecule has 3 nitrogen and oxygen atoms in total. The minimum atomic E-state index is -5.23. The molecule has 0 saturated carbocycles. The molecule has 0 N–H and O–H groups in total. The summed E-state index contributed by atoms with van der Waals surface area (Å²) < 4.78 is 58.9. The molecule has 0 aromatic heterocycles. The maximum Gasteiger partial charge on any atom is 0.268 e. The highest BCUT2D eigenvalue weighted by Gasteiger charge is 2.24. The number of hydrogen-bond acceptors (Lipinski definition) is 3. The van der Waals surface area contributed by atoms with Crippen LogP contribution < -0.4 is 0 Å². The smallest absolute Gasteiger partial charge is 0.268 e. The zero-order valence-electron chi connectivity index (χ0n) is 5.59. The average Bonchev–Trinajstić information content (AvgIpc) is 1.83. The van der Waals surface area contributed by atoms with E-state index >= 15 is 0 Å². The van der Waals surface area contributed by atoms with Gasteiger partial charge in [0.2, 0.25) is 11.2 Å². The first-order chi connectivity index (χ1) is 4.77. The zero-order chi connectivity index (χ0) is 9.12. The number of rotatable bonds is 4. The molecule has 0 saturated heterocycles. The van der Waals surface area contributed by atoms with Crippen molar-refractivity contribution in [2.75, 3.05) is 18.6 Å². The van der Waals surface area contributed by atoms with Gasteiger partial charge in [0.15, 0.2) is 0 Å². The van der Waals surface area contributed by atoms with Crippen LogP contribution in [0.4, 0.5) is 11.7 Å². The second kappa shape index (κ2) is 3.63. The van der Waals surface area contributed by atoms with Gasteiger partial charge >= 0.3 is 0 Å². The normalized spacial score (nSPS) is 14.9. The molecule has 70 valence electrons. The maximum atomic E-state index is 11.5. The van der Waals surface area contributed by atoms with Gasteiger partial charge in [0.1, 0.15) is 0 Å². The van der Waals surface area contributed by atoms with Crippen LogP contribution in [-0.2, 0) is 14.3 Å². The Bertz CT molecular complexity index is 206. The largest absolute Gasteiger partial charge is 0.273 e. The standard InChI is InChI=1S/C3H7F3O3S2/c1-9-11(7,8)3-2-10(4,5)6/h2-3H2,1H3. The van der Waals surface area contributed by atoms with Crippen molar-refractivity contribution in [2.24, 2.45) is 0 Å². The van der Waals surface area contributed by atoms with Crippen LogP contribution in [0, 0.1) is 0 Å². The highest BCUT2D eigenvalue weighted by molar-refractivity contribution is 8.21. The van der Waals surface area contributed by atoms with Gasteiger partial charge in [-0.25, -0.2) is 0 Å². The molecule has 0 fully saturated rings. The fourth-order valence-corrected chi connectivity index (χ4v) is 2.02. The van der Waals surface area contributed by atoms with Gasteiger partial charge in [0.05, 0.1) is 18.6 Å². The van der Waals surface area contributed by atoms with Crippen molar-refractivity contribution >= 4 is 21.3 Å². The summed E-state index contributed by atoms with van der Waals surface area (Å²) in [5, 5.41) is 0. The van der Waals surface area contributed by atoms with Crippen molar-refractivity contribution in [2.45, 2.75) is 0 Å². The van der Waals surface area contributed by atoms with Crippen LogP contribution in [0.3, 0.4) is 0 Å². The fraction of sp³-hybridized carbons (Fsp3) is 1.00. The van der Waals surface area contributed by atoms with Crippen molar-refractivity contribution in [3.8, 4) is 0 Å². The zero-order valence-corrected chi connectivity index (χ0v) is 7.22. The van der Waals surface area contributed by atoms with Crippen molar-refractivity contribution < 1.29 is 24.3 Å². The van der Waals surface area contributed by atoms with E-state index in [-0.39, 0.29) is 0 Å². The third-order valence-corrected chi connectivity index (χ3v) is 2.96. The summed E-state index contributed by atoms with van der Waals surface area (Å²) in [6.07, 6.45) is 0. The molecule has 0 aromatic carbocycles. The van der Waals surface area contributed by atoms with E-state index in [9.17, 15) is 20.1 Å². The van der Waals surface area contributed by atoms with Crippen LogP contribution in [0.25, 0.3) is 0 Å². The minimum absolute atomic E-state index is 0.834. The Balaban J connectivity index is 3.91. The van der Waals surface area contributed by atoms with Crippen LogP contribution in [0.15, 0.2) is 0 Å². The lowest BCUT2D eigenvalue weighted by Gasteiger charge is -2.08. The highest BCUT2D eigenvalue weighted by atomic mass is 32.3. The quantitative estimate of drug-likeness (QED) is 0.662. The van der Waals surface area contributed by atoms with Gasteiger partial charge in [-0.2, -0.15) is 8.42 Å². The third-order valence-electron chi connectivity index (χ3n) is 0.819. The Kier molecular flexibility index (Phi) is 3.65. The van der Waals surface area contributed by atoms with Crippen LogP contribution in [0.1, 0.15) is 0 Å². The molecule has 0 atom stereocenters. The van der Waals surface area contributed by atoms with Gasteiger partial charge in [0, 0.05) is 0 Å². The molecule has 0 amide bonds. The number of hydrogen-bond donors (Lipinski definition) is 0. The molecule has 0 radical (unpaired) electrons. The first kappa shape index (κ1) is 11.1. The van der Waals surface area contributed by atoms with E-state index in [2.05, 4.69) is 4.18 Å². The molecular weight excluding hydrogens is 205 g/mol. The van der Waals surface area contributed by atoms with E-state index in [0.717, 1.165) is 7.11 Å². The molecule has 0 rings (SSSR count). The Morgan fingerprint density at radius 1 is 1.18 bits per heavy atom. The van der Waals surface area contributed by atoms with E-state index in [1.807, 2.05) is 0 Å². The molecule has 11 heavy (non-hydrogen) atoms. The lowest BCUT2D eigenvalue weighted by Crippen LogP contribution is -2.11. The van der Waals surface area contributed by atoms with Crippen molar-refractivity contribution in [3.63, 3.8) is 0 Å². The van der Waals surface area contributed by atoms with Gasteiger partial charge in [-0.3, -0.25) is 4.18 Å². The minimum Gasteiger partial charge on any atom is -0.273 e. The van der Waals surface area contributed by atoms with E-state index in [1.54, 1.807) is 0 Å². The third kappa shape index (κ3) is 6.45. The molecule has 0 aromatic rings. The van der Waals surface area contributed by atoms with E-state index in [0.29, 0.717) is 0 Å².